The van der Waals surface area contributed by atoms with Crippen molar-refractivity contribution in [3.05, 3.63) is 130 Å². The van der Waals surface area contributed by atoms with Crippen molar-refractivity contribution in [2.45, 2.75) is 12.0 Å². The highest BCUT2D eigenvalue weighted by molar-refractivity contribution is 6.21. The van der Waals surface area contributed by atoms with Crippen LogP contribution in [0.3, 0.4) is 0 Å². The molecule has 204 valence electrons. The van der Waals surface area contributed by atoms with Gasteiger partial charge in [-0.3, -0.25) is 9.59 Å². The Kier molecular flexibility index (Phi) is 6.50. The van der Waals surface area contributed by atoms with Gasteiger partial charge in [0.1, 0.15) is 18.2 Å². The predicted octanol–water partition coefficient (Wildman–Crippen LogP) is 5.30. The summed E-state index contributed by atoms with van der Waals surface area (Å²) in [5.41, 5.74) is 3.31. The number of amides is 3. The van der Waals surface area contributed by atoms with Crippen molar-refractivity contribution in [2.75, 3.05) is 6.61 Å². The van der Waals surface area contributed by atoms with E-state index in [0.717, 1.165) is 34.4 Å². The fourth-order valence-electron chi connectivity index (χ4n) is 5.15. The first kappa shape index (κ1) is 25.9. The Bertz CT molecular complexity index is 1660. The van der Waals surface area contributed by atoms with Crippen molar-refractivity contribution < 1.29 is 37.5 Å². The molecule has 3 amide bonds. The molecule has 0 aromatic heterocycles. The topological polar surface area (TPSA) is 102 Å². The van der Waals surface area contributed by atoms with E-state index in [9.17, 15) is 28.0 Å². The van der Waals surface area contributed by atoms with Gasteiger partial charge in [0.15, 0.2) is 6.04 Å². The van der Waals surface area contributed by atoms with Gasteiger partial charge in [0.2, 0.25) is 0 Å². The maximum absolute atomic E-state index is 14.8. The minimum atomic E-state index is -1.95. The van der Waals surface area contributed by atoms with Crippen LogP contribution in [0.15, 0.2) is 91.0 Å². The lowest BCUT2D eigenvalue weighted by molar-refractivity contribution is -0.171. The number of imide groups is 1. The summed E-state index contributed by atoms with van der Waals surface area (Å²) in [6.45, 7) is -0.119. The number of carbonyl (C=O) groups is 4. The molecule has 8 nitrogen and oxygen atoms in total. The molecule has 4 aromatic rings. The van der Waals surface area contributed by atoms with E-state index in [1.165, 1.54) is 24.3 Å². The number of nitrogens with zero attached hydrogens (tertiary/aromatic N) is 1. The van der Waals surface area contributed by atoms with Gasteiger partial charge in [-0.1, -0.05) is 65.7 Å². The maximum atomic E-state index is 14.8. The zero-order valence-corrected chi connectivity index (χ0v) is 21.2. The fourth-order valence-corrected chi connectivity index (χ4v) is 5.15. The van der Waals surface area contributed by atoms with E-state index in [0.29, 0.717) is 6.07 Å². The highest BCUT2D eigenvalue weighted by Crippen LogP contribution is 2.44. The van der Waals surface area contributed by atoms with Crippen molar-refractivity contribution in [3.8, 4) is 11.1 Å². The third-order valence-electron chi connectivity index (χ3n) is 7.05. The Labute approximate surface area is 232 Å². The van der Waals surface area contributed by atoms with Gasteiger partial charge in [-0.05, 0) is 52.6 Å². The van der Waals surface area contributed by atoms with Crippen molar-refractivity contribution in [2.24, 2.45) is 0 Å². The summed E-state index contributed by atoms with van der Waals surface area (Å²) in [6.07, 6.45) is -1.13. The van der Waals surface area contributed by atoms with E-state index < -0.39 is 47.1 Å². The van der Waals surface area contributed by atoms with Gasteiger partial charge in [0.25, 0.3) is 11.8 Å². The molecule has 0 spiro atoms. The van der Waals surface area contributed by atoms with Crippen LogP contribution in [0.5, 0.6) is 0 Å². The van der Waals surface area contributed by atoms with Crippen LogP contribution in [0.25, 0.3) is 11.1 Å². The monoisotopic (exact) mass is 554 g/mol. The number of fused-ring (bicyclic) bond motifs is 4. The molecule has 1 unspecified atom stereocenters. The summed E-state index contributed by atoms with van der Waals surface area (Å²) < 4.78 is 34.3. The number of alkyl carbamates (subject to hydrolysis) is 1. The highest BCUT2D eigenvalue weighted by Gasteiger charge is 2.41. The summed E-state index contributed by atoms with van der Waals surface area (Å²) in [7, 11) is 0. The van der Waals surface area contributed by atoms with E-state index in [1.54, 1.807) is 0 Å². The Hall–Kier alpha value is -5.38. The van der Waals surface area contributed by atoms with Crippen LogP contribution in [0.2, 0.25) is 0 Å². The molecule has 41 heavy (non-hydrogen) atoms. The van der Waals surface area contributed by atoms with Gasteiger partial charge < -0.3 is 14.9 Å². The van der Waals surface area contributed by atoms with Crippen LogP contribution < -0.4 is 5.32 Å². The lowest BCUT2D eigenvalue weighted by atomic mass is 9.98. The van der Waals surface area contributed by atoms with Crippen LogP contribution >= 0.6 is 0 Å². The van der Waals surface area contributed by atoms with Gasteiger partial charge in [0, 0.05) is 11.5 Å². The third-order valence-corrected chi connectivity index (χ3v) is 7.05. The molecule has 0 bridgehead atoms. The molecule has 0 saturated carbocycles. The molecule has 2 aliphatic rings. The molecular formula is C31H20F2N2O6. The second-order valence-electron chi connectivity index (χ2n) is 9.43. The lowest BCUT2D eigenvalue weighted by Gasteiger charge is -2.21. The zero-order valence-electron chi connectivity index (χ0n) is 21.2. The SMILES string of the molecule is O=C(NC(C(=O)ON1C(=O)c2ccccc2C1=O)c1cc(F)ccc1F)OCC1c2ccccc2-c2ccccc21. The number of rotatable bonds is 6. The Morgan fingerprint density at radius 3 is 1.90 bits per heavy atom. The average Bonchev–Trinajstić information content (AvgIpc) is 3.43. The molecule has 1 aliphatic heterocycles. The van der Waals surface area contributed by atoms with Gasteiger partial charge in [-0.15, -0.1) is 0 Å². The third kappa shape index (κ3) is 4.59. The smallest absolute Gasteiger partial charge is 0.408 e. The van der Waals surface area contributed by atoms with Crippen molar-refractivity contribution >= 4 is 23.9 Å². The first-order valence-corrected chi connectivity index (χ1v) is 12.6. The molecule has 4 aromatic carbocycles. The number of hydroxylamine groups is 2. The summed E-state index contributed by atoms with van der Waals surface area (Å²) in [6, 6.07) is 21.5. The van der Waals surface area contributed by atoms with Crippen molar-refractivity contribution in [1.82, 2.24) is 10.4 Å². The van der Waals surface area contributed by atoms with Crippen LogP contribution in [0.4, 0.5) is 13.6 Å². The fraction of sp³-hybridized carbons (Fsp3) is 0.0968. The summed E-state index contributed by atoms with van der Waals surface area (Å²) in [5, 5.41) is 2.43. The molecule has 0 radical (unpaired) electrons. The van der Waals surface area contributed by atoms with Crippen LogP contribution in [0.1, 0.15) is 49.4 Å². The minimum Gasteiger partial charge on any atom is -0.449 e. The maximum Gasteiger partial charge on any atom is 0.408 e. The molecule has 1 aliphatic carbocycles. The molecule has 1 atom stereocenters. The van der Waals surface area contributed by atoms with Gasteiger partial charge in [-0.2, -0.15) is 0 Å². The average molecular weight is 555 g/mol. The summed E-state index contributed by atoms with van der Waals surface area (Å²) in [5.74, 6) is -5.47. The number of nitrogens with one attached hydrogen (secondary N) is 1. The number of hydrogen-bond acceptors (Lipinski definition) is 6. The number of carbonyl (C=O) groups excluding carboxylic acids is 4. The van der Waals surface area contributed by atoms with Gasteiger partial charge >= 0.3 is 12.1 Å². The molecule has 0 saturated heterocycles. The molecule has 10 heteroatoms. The molecule has 1 N–H and O–H groups in total. The second kappa shape index (κ2) is 10.3. The standard InChI is InChI=1S/C31H20F2N2O6/c32-17-13-14-26(33)24(15-17)27(30(38)41-35-28(36)22-11-5-6-12-23(22)29(35)37)34-31(39)40-16-25-20-9-3-1-7-18(20)19-8-2-4-10-21(19)25/h1-15,25,27H,16H2,(H,34,39). The minimum absolute atomic E-state index is 0.00304. The largest absolute Gasteiger partial charge is 0.449 e. The van der Waals surface area contributed by atoms with Crippen molar-refractivity contribution in [1.29, 1.82) is 0 Å². The van der Waals surface area contributed by atoms with E-state index in [-0.39, 0.29) is 28.7 Å². The summed E-state index contributed by atoms with van der Waals surface area (Å²) in [4.78, 5) is 56.5. The molecule has 0 fully saturated rings. The normalized spacial score (nSPS) is 14.2. The van der Waals surface area contributed by atoms with E-state index in [2.05, 4.69) is 5.32 Å². The molecule has 6 rings (SSSR count). The Morgan fingerprint density at radius 2 is 1.32 bits per heavy atom. The molecular weight excluding hydrogens is 534 g/mol. The predicted molar refractivity (Wildman–Crippen MR) is 140 cm³/mol. The first-order chi connectivity index (χ1) is 19.8. The lowest BCUT2D eigenvalue weighted by Crippen LogP contribution is -2.41. The zero-order chi connectivity index (χ0) is 28.7. The van der Waals surface area contributed by atoms with Crippen LogP contribution in [0, 0.1) is 11.6 Å². The van der Waals surface area contributed by atoms with E-state index in [4.69, 9.17) is 9.57 Å². The number of halogens is 2. The summed E-state index contributed by atoms with van der Waals surface area (Å²) >= 11 is 0. The number of benzene rings is 4. The van der Waals surface area contributed by atoms with Crippen LogP contribution in [-0.4, -0.2) is 35.5 Å². The van der Waals surface area contributed by atoms with Crippen LogP contribution in [-0.2, 0) is 14.4 Å². The first-order valence-electron chi connectivity index (χ1n) is 12.6. The Morgan fingerprint density at radius 1 is 0.780 bits per heavy atom. The van der Waals surface area contributed by atoms with E-state index in [1.807, 2.05) is 48.5 Å². The van der Waals surface area contributed by atoms with Gasteiger partial charge in [0.05, 0.1) is 11.1 Å². The number of hydrogen-bond donors (Lipinski definition) is 1. The van der Waals surface area contributed by atoms with E-state index >= 15 is 0 Å². The number of ether oxygens (including phenoxy) is 1. The highest BCUT2D eigenvalue weighted by atomic mass is 19.1. The quantitative estimate of drug-likeness (QED) is 0.325. The molecule has 1 heterocycles. The van der Waals surface area contributed by atoms with Crippen molar-refractivity contribution in [3.63, 3.8) is 0 Å². The second-order valence-corrected chi connectivity index (χ2v) is 9.43. The Balaban J connectivity index is 1.22. The van der Waals surface area contributed by atoms with Gasteiger partial charge in [-0.25, -0.2) is 18.4 Å².